The topological polar surface area (TPSA) is 75.4 Å². The molecule has 1 heterocycles. The average molecular weight is 323 g/mol. The molecular formula is C15H21N3O3S. The second kappa shape index (κ2) is 9.09. The van der Waals surface area contributed by atoms with Crippen LogP contribution in [0.2, 0.25) is 0 Å². The molecule has 0 aromatic carbocycles. The molecule has 1 N–H and O–H groups in total. The predicted octanol–water partition coefficient (Wildman–Crippen LogP) is 2.24. The van der Waals surface area contributed by atoms with Gasteiger partial charge in [0.25, 0.3) is 0 Å². The van der Waals surface area contributed by atoms with E-state index >= 15 is 0 Å². The second-order valence-corrected chi connectivity index (χ2v) is 5.97. The summed E-state index contributed by atoms with van der Waals surface area (Å²) >= 11 is 1.27. The molecule has 22 heavy (non-hydrogen) atoms. The summed E-state index contributed by atoms with van der Waals surface area (Å²) < 4.78 is 4.88. The lowest BCUT2D eigenvalue weighted by atomic mass is 10.4. The Morgan fingerprint density at radius 1 is 1.45 bits per heavy atom. The molecular weight excluding hydrogens is 302 g/mol. The highest BCUT2D eigenvalue weighted by Crippen LogP contribution is 2.15. The van der Waals surface area contributed by atoms with Gasteiger partial charge in [-0.1, -0.05) is 17.3 Å². The van der Waals surface area contributed by atoms with Crippen LogP contribution in [-0.2, 0) is 9.59 Å². The number of aromatic nitrogens is 1. The molecule has 1 atom stereocenters. The van der Waals surface area contributed by atoms with E-state index < -0.39 is 0 Å². The van der Waals surface area contributed by atoms with Gasteiger partial charge in [0.1, 0.15) is 5.76 Å². The van der Waals surface area contributed by atoms with E-state index in [1.165, 1.54) is 11.8 Å². The number of anilines is 1. The van der Waals surface area contributed by atoms with Gasteiger partial charge in [-0.2, -0.15) is 0 Å². The normalized spacial score (nSPS) is 11.5. The zero-order valence-corrected chi connectivity index (χ0v) is 13.7. The molecule has 0 aliphatic rings. The molecule has 0 aliphatic heterocycles. The molecule has 0 saturated heterocycles. The number of rotatable bonds is 9. The van der Waals surface area contributed by atoms with Crippen LogP contribution in [0.15, 0.2) is 35.9 Å². The van der Waals surface area contributed by atoms with Crippen LogP contribution in [0.25, 0.3) is 0 Å². The number of nitrogens with zero attached hydrogens (tertiary/aromatic N) is 2. The third-order valence-electron chi connectivity index (χ3n) is 2.76. The van der Waals surface area contributed by atoms with E-state index in [-0.39, 0.29) is 22.8 Å². The quantitative estimate of drug-likeness (QED) is 0.705. The van der Waals surface area contributed by atoms with Crippen molar-refractivity contribution < 1.29 is 14.1 Å². The average Bonchev–Trinajstić information content (AvgIpc) is 2.89. The predicted molar refractivity (Wildman–Crippen MR) is 88.8 cm³/mol. The standard InChI is InChI=1S/C15H21N3O3S/c1-5-7-18(8-6-2)14(19)10-22-12(4)15(20)16-13-9-11(3)21-17-13/h5-6,9,12H,1-2,7-8,10H2,3-4H3,(H,16,17,20). The summed E-state index contributed by atoms with van der Waals surface area (Å²) in [5, 5.41) is 5.96. The molecule has 120 valence electrons. The van der Waals surface area contributed by atoms with E-state index in [4.69, 9.17) is 4.52 Å². The molecule has 1 aromatic rings. The first-order valence-corrected chi connectivity index (χ1v) is 7.88. The van der Waals surface area contributed by atoms with Crippen molar-refractivity contribution in [3.8, 4) is 0 Å². The van der Waals surface area contributed by atoms with Crippen molar-refractivity contribution in [2.75, 3.05) is 24.2 Å². The molecule has 0 radical (unpaired) electrons. The molecule has 0 fully saturated rings. The number of carbonyl (C=O) groups excluding carboxylic acids is 2. The van der Waals surface area contributed by atoms with Crippen LogP contribution in [0.1, 0.15) is 12.7 Å². The Morgan fingerprint density at radius 2 is 2.09 bits per heavy atom. The van der Waals surface area contributed by atoms with Crippen molar-refractivity contribution in [2.45, 2.75) is 19.1 Å². The van der Waals surface area contributed by atoms with Gasteiger partial charge in [0.15, 0.2) is 5.82 Å². The van der Waals surface area contributed by atoms with Crippen molar-refractivity contribution in [1.29, 1.82) is 0 Å². The number of hydrogen-bond donors (Lipinski definition) is 1. The minimum atomic E-state index is -0.379. The fourth-order valence-corrected chi connectivity index (χ4v) is 2.39. The summed E-state index contributed by atoms with van der Waals surface area (Å²) in [5.74, 6) is 0.942. The van der Waals surface area contributed by atoms with Gasteiger partial charge in [-0.3, -0.25) is 9.59 Å². The van der Waals surface area contributed by atoms with Gasteiger partial charge in [-0.15, -0.1) is 24.9 Å². The van der Waals surface area contributed by atoms with E-state index in [0.717, 1.165) is 0 Å². The molecule has 7 heteroatoms. The molecule has 0 bridgehead atoms. The molecule has 0 saturated carbocycles. The lowest BCUT2D eigenvalue weighted by Gasteiger charge is -2.19. The van der Waals surface area contributed by atoms with E-state index in [2.05, 4.69) is 23.6 Å². The van der Waals surface area contributed by atoms with Crippen LogP contribution in [0, 0.1) is 6.92 Å². The van der Waals surface area contributed by atoms with Crippen LogP contribution >= 0.6 is 11.8 Å². The van der Waals surface area contributed by atoms with E-state index in [1.54, 1.807) is 37.0 Å². The van der Waals surface area contributed by atoms with Crippen molar-refractivity contribution in [3.63, 3.8) is 0 Å². The van der Waals surface area contributed by atoms with E-state index in [0.29, 0.717) is 24.7 Å². The Morgan fingerprint density at radius 3 is 2.59 bits per heavy atom. The highest BCUT2D eigenvalue weighted by molar-refractivity contribution is 8.01. The fourth-order valence-electron chi connectivity index (χ4n) is 1.61. The maximum Gasteiger partial charge on any atom is 0.238 e. The number of hydrogen-bond acceptors (Lipinski definition) is 5. The van der Waals surface area contributed by atoms with Crippen LogP contribution in [0.3, 0.4) is 0 Å². The molecule has 1 aromatic heterocycles. The molecule has 2 amide bonds. The Hall–Kier alpha value is -2.02. The highest BCUT2D eigenvalue weighted by atomic mass is 32.2. The Kier molecular flexibility index (Phi) is 7.45. The largest absolute Gasteiger partial charge is 0.360 e. The fraction of sp³-hybridized carbons (Fsp3) is 0.400. The number of thioether (sulfide) groups is 1. The smallest absolute Gasteiger partial charge is 0.238 e. The zero-order chi connectivity index (χ0) is 16.5. The first kappa shape index (κ1) is 18.0. The summed E-state index contributed by atoms with van der Waals surface area (Å²) in [4.78, 5) is 25.7. The molecule has 1 rings (SSSR count). The van der Waals surface area contributed by atoms with Crippen LogP contribution in [0.5, 0.6) is 0 Å². The van der Waals surface area contributed by atoms with Gasteiger partial charge >= 0.3 is 0 Å². The summed E-state index contributed by atoms with van der Waals surface area (Å²) in [5.41, 5.74) is 0. The minimum Gasteiger partial charge on any atom is -0.360 e. The Labute approximate surface area is 134 Å². The van der Waals surface area contributed by atoms with Crippen molar-refractivity contribution in [1.82, 2.24) is 10.1 Å². The van der Waals surface area contributed by atoms with Crippen LogP contribution in [0.4, 0.5) is 5.82 Å². The van der Waals surface area contributed by atoms with Gasteiger partial charge in [0.05, 0.1) is 11.0 Å². The number of carbonyl (C=O) groups is 2. The van der Waals surface area contributed by atoms with Crippen LogP contribution < -0.4 is 5.32 Å². The van der Waals surface area contributed by atoms with Crippen molar-refractivity contribution >= 4 is 29.4 Å². The first-order valence-electron chi connectivity index (χ1n) is 6.83. The third kappa shape index (κ3) is 5.77. The maximum absolute atomic E-state index is 12.1. The number of nitrogens with one attached hydrogen (secondary N) is 1. The lowest BCUT2D eigenvalue weighted by molar-refractivity contribution is -0.127. The van der Waals surface area contributed by atoms with Gasteiger partial charge < -0.3 is 14.7 Å². The van der Waals surface area contributed by atoms with Gasteiger partial charge in [-0.25, -0.2) is 0 Å². The lowest BCUT2D eigenvalue weighted by Crippen LogP contribution is -2.34. The highest BCUT2D eigenvalue weighted by Gasteiger charge is 2.18. The SMILES string of the molecule is C=CCN(CC=C)C(=O)CSC(C)C(=O)Nc1cc(C)on1. The minimum absolute atomic E-state index is 0.0540. The summed E-state index contributed by atoms with van der Waals surface area (Å²) in [6, 6.07) is 1.64. The van der Waals surface area contributed by atoms with Crippen LogP contribution in [-0.4, -0.2) is 46.0 Å². The molecule has 1 unspecified atom stereocenters. The summed E-state index contributed by atoms with van der Waals surface area (Å²) in [6.45, 7) is 11.7. The Balaban J connectivity index is 2.44. The summed E-state index contributed by atoms with van der Waals surface area (Å²) in [7, 11) is 0. The van der Waals surface area contributed by atoms with E-state index in [1.807, 2.05) is 0 Å². The molecule has 0 aliphatic carbocycles. The third-order valence-corrected chi connectivity index (χ3v) is 3.88. The van der Waals surface area contributed by atoms with Crippen molar-refractivity contribution in [3.05, 3.63) is 37.1 Å². The van der Waals surface area contributed by atoms with Gasteiger partial charge in [0.2, 0.25) is 11.8 Å². The summed E-state index contributed by atoms with van der Waals surface area (Å²) in [6.07, 6.45) is 3.32. The zero-order valence-electron chi connectivity index (χ0n) is 12.9. The first-order chi connectivity index (χ1) is 10.5. The maximum atomic E-state index is 12.1. The van der Waals surface area contributed by atoms with Gasteiger partial charge in [-0.05, 0) is 13.8 Å². The Bertz CT molecular complexity index is 532. The number of amides is 2. The van der Waals surface area contributed by atoms with E-state index in [9.17, 15) is 9.59 Å². The molecule has 0 spiro atoms. The van der Waals surface area contributed by atoms with Crippen molar-refractivity contribution in [2.24, 2.45) is 0 Å². The molecule has 6 nitrogen and oxygen atoms in total. The second-order valence-electron chi connectivity index (χ2n) is 4.64. The number of aryl methyl sites for hydroxylation is 1. The monoisotopic (exact) mass is 323 g/mol. The van der Waals surface area contributed by atoms with Gasteiger partial charge in [0, 0.05) is 19.2 Å².